The van der Waals surface area contributed by atoms with Crippen LogP contribution >= 0.6 is 0 Å². The molecule has 0 aromatic heterocycles. The monoisotopic (exact) mass is 233 g/mol. The Balaban J connectivity index is 1.55. The summed E-state index contributed by atoms with van der Waals surface area (Å²) in [7, 11) is 0. The first-order chi connectivity index (χ1) is 8.36. The van der Waals surface area contributed by atoms with Crippen LogP contribution in [0.2, 0.25) is 0 Å². The standard InChI is InChI=1S/C14H19NO2/c1-2-4-13(5-3-1)12-15-8-6-14(7-9-15)16-10-11-17-14/h1-5H,6-12H2. The fraction of sp³-hybridized carbons (Fsp3) is 0.571. The molecule has 3 rings (SSSR count). The van der Waals surface area contributed by atoms with E-state index in [0.717, 1.165) is 45.7 Å². The first kappa shape index (κ1) is 11.2. The van der Waals surface area contributed by atoms with Crippen LogP contribution in [0.3, 0.4) is 0 Å². The summed E-state index contributed by atoms with van der Waals surface area (Å²) in [5.74, 6) is -0.243. The minimum Gasteiger partial charge on any atom is -0.347 e. The normalized spacial score (nSPS) is 24.2. The van der Waals surface area contributed by atoms with Crippen LogP contribution < -0.4 is 0 Å². The molecule has 0 radical (unpaired) electrons. The van der Waals surface area contributed by atoms with Crippen molar-refractivity contribution in [2.24, 2.45) is 0 Å². The summed E-state index contributed by atoms with van der Waals surface area (Å²) in [6.45, 7) is 4.69. The van der Waals surface area contributed by atoms with E-state index in [1.807, 2.05) is 0 Å². The zero-order chi connectivity index (χ0) is 11.6. The van der Waals surface area contributed by atoms with Gasteiger partial charge in [0.15, 0.2) is 5.79 Å². The molecule has 0 saturated carbocycles. The smallest absolute Gasteiger partial charge is 0.170 e. The van der Waals surface area contributed by atoms with Gasteiger partial charge in [-0.15, -0.1) is 0 Å². The van der Waals surface area contributed by atoms with E-state index < -0.39 is 0 Å². The molecule has 0 atom stereocenters. The molecule has 0 aliphatic carbocycles. The first-order valence-electron chi connectivity index (χ1n) is 6.41. The summed E-state index contributed by atoms with van der Waals surface area (Å²) in [4.78, 5) is 2.48. The van der Waals surface area contributed by atoms with E-state index in [1.54, 1.807) is 0 Å². The van der Waals surface area contributed by atoms with Crippen LogP contribution in [0.15, 0.2) is 30.3 Å². The number of benzene rings is 1. The average Bonchev–Trinajstić information content (AvgIpc) is 2.83. The molecule has 0 unspecified atom stereocenters. The second kappa shape index (κ2) is 4.77. The Morgan fingerprint density at radius 1 is 1.00 bits per heavy atom. The van der Waals surface area contributed by atoms with Gasteiger partial charge in [0, 0.05) is 32.5 Å². The Morgan fingerprint density at radius 3 is 2.29 bits per heavy atom. The fourth-order valence-corrected chi connectivity index (χ4v) is 2.68. The maximum Gasteiger partial charge on any atom is 0.170 e. The maximum atomic E-state index is 5.73. The van der Waals surface area contributed by atoms with Crippen molar-refractivity contribution in [1.82, 2.24) is 4.90 Å². The van der Waals surface area contributed by atoms with Gasteiger partial charge < -0.3 is 9.47 Å². The number of likely N-dealkylation sites (tertiary alicyclic amines) is 1. The highest BCUT2D eigenvalue weighted by atomic mass is 16.7. The summed E-state index contributed by atoms with van der Waals surface area (Å²) in [5, 5.41) is 0. The van der Waals surface area contributed by atoms with Gasteiger partial charge in [-0.05, 0) is 5.56 Å². The van der Waals surface area contributed by atoms with Crippen molar-refractivity contribution in [2.45, 2.75) is 25.2 Å². The molecular weight excluding hydrogens is 214 g/mol. The summed E-state index contributed by atoms with van der Waals surface area (Å²) in [6, 6.07) is 10.6. The van der Waals surface area contributed by atoms with Gasteiger partial charge in [0.05, 0.1) is 13.2 Å². The van der Waals surface area contributed by atoms with Crippen molar-refractivity contribution in [3.63, 3.8) is 0 Å². The Labute approximate surface area is 102 Å². The molecule has 3 nitrogen and oxygen atoms in total. The second-order valence-corrected chi connectivity index (χ2v) is 4.87. The third kappa shape index (κ3) is 2.51. The van der Waals surface area contributed by atoms with E-state index in [2.05, 4.69) is 35.2 Å². The van der Waals surface area contributed by atoms with Gasteiger partial charge in [-0.2, -0.15) is 0 Å². The maximum absolute atomic E-state index is 5.73. The van der Waals surface area contributed by atoms with Crippen molar-refractivity contribution in [2.75, 3.05) is 26.3 Å². The zero-order valence-corrected chi connectivity index (χ0v) is 10.1. The van der Waals surface area contributed by atoms with E-state index in [1.165, 1.54) is 5.56 Å². The molecule has 1 aromatic carbocycles. The molecule has 2 fully saturated rings. The van der Waals surface area contributed by atoms with E-state index in [4.69, 9.17) is 9.47 Å². The SMILES string of the molecule is c1ccc(CN2CCC3(CC2)OCCO3)cc1. The quantitative estimate of drug-likeness (QED) is 0.780. The molecule has 17 heavy (non-hydrogen) atoms. The Kier molecular flexibility index (Phi) is 3.14. The lowest BCUT2D eigenvalue weighted by atomic mass is 10.0. The van der Waals surface area contributed by atoms with Crippen LogP contribution in [0.5, 0.6) is 0 Å². The summed E-state index contributed by atoms with van der Waals surface area (Å²) in [5.41, 5.74) is 1.39. The molecule has 2 heterocycles. The van der Waals surface area contributed by atoms with Gasteiger partial charge in [-0.25, -0.2) is 0 Å². The van der Waals surface area contributed by atoms with Crippen molar-refractivity contribution in [3.8, 4) is 0 Å². The van der Waals surface area contributed by atoms with E-state index >= 15 is 0 Å². The highest BCUT2D eigenvalue weighted by molar-refractivity contribution is 5.14. The minimum atomic E-state index is -0.243. The van der Waals surface area contributed by atoms with Gasteiger partial charge in [-0.3, -0.25) is 4.90 Å². The molecule has 92 valence electrons. The molecule has 0 amide bonds. The second-order valence-electron chi connectivity index (χ2n) is 4.87. The number of hydrogen-bond donors (Lipinski definition) is 0. The van der Waals surface area contributed by atoms with E-state index in [9.17, 15) is 0 Å². The lowest BCUT2D eigenvalue weighted by molar-refractivity contribution is -0.185. The van der Waals surface area contributed by atoms with Crippen LogP contribution in [-0.2, 0) is 16.0 Å². The zero-order valence-electron chi connectivity index (χ0n) is 10.1. The molecule has 0 bridgehead atoms. The van der Waals surface area contributed by atoms with E-state index in [0.29, 0.717) is 0 Å². The lowest BCUT2D eigenvalue weighted by Crippen LogP contribution is -2.44. The van der Waals surface area contributed by atoms with E-state index in [-0.39, 0.29) is 5.79 Å². The molecule has 1 spiro atoms. The van der Waals surface area contributed by atoms with Crippen LogP contribution in [0.4, 0.5) is 0 Å². The van der Waals surface area contributed by atoms with Crippen LogP contribution in [0.1, 0.15) is 18.4 Å². The summed E-state index contributed by atoms with van der Waals surface area (Å²) >= 11 is 0. The third-order valence-corrected chi connectivity index (χ3v) is 3.68. The number of nitrogens with zero attached hydrogens (tertiary/aromatic N) is 1. The summed E-state index contributed by atoms with van der Waals surface area (Å²) < 4.78 is 11.5. The number of ether oxygens (including phenoxy) is 2. The fourth-order valence-electron chi connectivity index (χ4n) is 2.68. The highest BCUT2D eigenvalue weighted by Gasteiger charge is 2.39. The van der Waals surface area contributed by atoms with Crippen molar-refractivity contribution < 1.29 is 9.47 Å². The largest absolute Gasteiger partial charge is 0.347 e. The third-order valence-electron chi connectivity index (χ3n) is 3.68. The van der Waals surface area contributed by atoms with Crippen LogP contribution in [-0.4, -0.2) is 37.0 Å². The highest BCUT2D eigenvalue weighted by Crippen LogP contribution is 2.31. The predicted molar refractivity (Wildman–Crippen MR) is 65.6 cm³/mol. The van der Waals surface area contributed by atoms with Gasteiger partial charge in [0.1, 0.15) is 0 Å². The van der Waals surface area contributed by atoms with Gasteiger partial charge in [-0.1, -0.05) is 30.3 Å². The summed E-state index contributed by atoms with van der Waals surface area (Å²) in [6.07, 6.45) is 2.00. The topological polar surface area (TPSA) is 21.7 Å². The lowest BCUT2D eigenvalue weighted by Gasteiger charge is -2.37. The van der Waals surface area contributed by atoms with Crippen LogP contribution in [0.25, 0.3) is 0 Å². The van der Waals surface area contributed by atoms with Crippen molar-refractivity contribution >= 4 is 0 Å². The van der Waals surface area contributed by atoms with Crippen LogP contribution in [0, 0.1) is 0 Å². The number of hydrogen-bond acceptors (Lipinski definition) is 3. The Bertz CT molecular complexity index is 350. The van der Waals surface area contributed by atoms with Gasteiger partial charge >= 0.3 is 0 Å². The predicted octanol–water partition coefficient (Wildman–Crippen LogP) is 2.03. The molecule has 1 aromatic rings. The molecule has 3 heteroatoms. The molecule has 2 aliphatic rings. The van der Waals surface area contributed by atoms with Gasteiger partial charge in [0.2, 0.25) is 0 Å². The molecular formula is C14H19NO2. The number of rotatable bonds is 2. The molecule has 0 N–H and O–H groups in total. The molecule has 2 saturated heterocycles. The Morgan fingerprint density at radius 2 is 1.65 bits per heavy atom. The first-order valence-corrected chi connectivity index (χ1v) is 6.41. The van der Waals surface area contributed by atoms with Crippen molar-refractivity contribution in [1.29, 1.82) is 0 Å². The van der Waals surface area contributed by atoms with Gasteiger partial charge in [0.25, 0.3) is 0 Å². The average molecular weight is 233 g/mol. The molecule has 2 aliphatic heterocycles. The Hall–Kier alpha value is -0.900. The number of piperidine rings is 1. The van der Waals surface area contributed by atoms with Crippen molar-refractivity contribution in [3.05, 3.63) is 35.9 Å². The minimum absolute atomic E-state index is 0.243.